The van der Waals surface area contributed by atoms with Crippen LogP contribution < -0.4 is 0 Å². The van der Waals surface area contributed by atoms with E-state index in [0.29, 0.717) is 6.07 Å². The molecule has 0 fully saturated rings. The Morgan fingerprint density at radius 1 is 1.12 bits per heavy atom. The number of benzene rings is 1. The van der Waals surface area contributed by atoms with Crippen LogP contribution in [0.4, 0.5) is 0 Å². The van der Waals surface area contributed by atoms with Crippen molar-refractivity contribution >= 4 is 67.5 Å². The van der Waals surface area contributed by atoms with Crippen LogP contribution in [0, 0.1) is 0 Å². The summed E-state index contributed by atoms with van der Waals surface area (Å²) >= 11 is 0. The van der Waals surface area contributed by atoms with Crippen molar-refractivity contribution in [1.29, 1.82) is 0 Å². The zero-order chi connectivity index (χ0) is 11.8. The van der Waals surface area contributed by atoms with Crippen LogP contribution >= 0.6 is 0 Å². The summed E-state index contributed by atoms with van der Waals surface area (Å²) in [5.41, 5.74) is -0.667. The van der Waals surface area contributed by atoms with E-state index in [1.54, 1.807) is 0 Å². The minimum absolute atomic E-state index is 0. The van der Waals surface area contributed by atoms with E-state index in [4.69, 9.17) is 19.9 Å². The van der Waals surface area contributed by atoms with Crippen LogP contribution in [0.5, 0.6) is 11.5 Å². The van der Waals surface area contributed by atoms with Crippen LogP contribution in [0.15, 0.2) is 17.0 Å². The first-order valence-electron chi connectivity index (χ1n) is 3.51. The van der Waals surface area contributed by atoms with E-state index in [-0.39, 0.29) is 56.9 Å². The van der Waals surface area contributed by atoms with Crippen molar-refractivity contribution in [3.05, 3.63) is 17.7 Å². The molecule has 0 saturated heterocycles. The number of aromatic hydroxyl groups is 2. The molecule has 0 aromatic heterocycles. The van der Waals surface area contributed by atoms with E-state index < -0.39 is 38.0 Å². The number of rotatable bonds is 2. The van der Waals surface area contributed by atoms with Crippen LogP contribution in [0.25, 0.3) is 0 Å². The molecule has 1 radical (unpaired) electrons. The van der Waals surface area contributed by atoms with Gasteiger partial charge in [-0.3, -0.25) is 4.55 Å². The number of carboxylic acid groups (broad SMARTS) is 1. The van der Waals surface area contributed by atoms with Crippen molar-refractivity contribution in [2.75, 3.05) is 0 Å². The van der Waals surface area contributed by atoms with Crippen molar-refractivity contribution in [3.8, 4) is 11.5 Å². The van der Waals surface area contributed by atoms with Crippen molar-refractivity contribution in [1.82, 2.24) is 0 Å². The Hall–Kier alpha value is -0.204. The van der Waals surface area contributed by atoms with E-state index in [9.17, 15) is 13.2 Å². The van der Waals surface area contributed by atoms with Gasteiger partial charge < -0.3 is 20.8 Å². The summed E-state index contributed by atoms with van der Waals surface area (Å²) in [7, 11) is -4.70. The zero-order valence-electron chi connectivity index (χ0n) is 8.58. The Morgan fingerprint density at radius 2 is 1.59 bits per heavy atom. The SMILES string of the molecule is O.O=C(O)c1ccc(S(=O)(=O)O)c(O)c1O.[K]. The first-order chi connectivity index (χ1) is 6.75. The van der Waals surface area contributed by atoms with Gasteiger partial charge in [-0.05, 0) is 12.1 Å². The largest absolute Gasteiger partial charge is 0.504 e. The molecule has 1 aromatic rings. The average molecular weight is 291 g/mol. The predicted octanol–water partition coefficient (Wildman–Crippen LogP) is -1.16. The maximum Gasteiger partial charge on any atom is 0.339 e. The molecule has 0 heterocycles. The third-order valence-electron chi connectivity index (χ3n) is 1.62. The van der Waals surface area contributed by atoms with Gasteiger partial charge in [0.05, 0.1) is 0 Å². The van der Waals surface area contributed by atoms with Gasteiger partial charge in [-0.2, -0.15) is 8.42 Å². The molecule has 0 aliphatic rings. The fraction of sp³-hybridized carbons (Fsp3) is 0. The van der Waals surface area contributed by atoms with Crippen molar-refractivity contribution in [2.45, 2.75) is 4.90 Å². The predicted molar refractivity (Wildman–Crippen MR) is 55.9 cm³/mol. The first kappa shape index (κ1) is 19.1. The second kappa shape index (κ2) is 6.65. The second-order valence-electron chi connectivity index (χ2n) is 2.59. The maximum atomic E-state index is 10.6. The van der Waals surface area contributed by atoms with E-state index in [1.165, 1.54) is 0 Å². The average Bonchev–Trinajstić information content (AvgIpc) is 2.06. The second-order valence-corrected chi connectivity index (χ2v) is 3.98. The Balaban J connectivity index is 0. The molecule has 10 heteroatoms. The molecule has 91 valence electrons. The summed E-state index contributed by atoms with van der Waals surface area (Å²) in [6.45, 7) is 0. The first-order valence-corrected chi connectivity index (χ1v) is 4.95. The van der Waals surface area contributed by atoms with Crippen LogP contribution in [0.3, 0.4) is 0 Å². The Labute approximate surface area is 138 Å². The molecule has 17 heavy (non-hydrogen) atoms. The van der Waals surface area contributed by atoms with Gasteiger partial charge in [0, 0.05) is 51.4 Å². The van der Waals surface area contributed by atoms with Crippen LogP contribution in [0.1, 0.15) is 10.4 Å². The number of phenolic OH excluding ortho intramolecular Hbond substituents is 1. The van der Waals surface area contributed by atoms with Crippen molar-refractivity contribution in [2.24, 2.45) is 0 Å². The number of aromatic carboxylic acids is 1. The normalized spacial score (nSPS) is 9.94. The molecule has 0 aliphatic heterocycles. The van der Waals surface area contributed by atoms with Crippen LogP contribution in [0.2, 0.25) is 0 Å². The minimum Gasteiger partial charge on any atom is -0.504 e. The van der Waals surface area contributed by atoms with Crippen LogP contribution in [-0.2, 0) is 10.1 Å². The molecule has 0 atom stereocenters. The standard InChI is InChI=1S/C7H6O7S.K.H2O/c8-5-3(7(10)11)1-2-4(6(5)9)15(12,13)14;;/h1-2,8-9H,(H,10,11)(H,12,13,14);;1H2. The molecule has 0 spiro atoms. The van der Waals surface area contributed by atoms with Crippen molar-refractivity contribution in [3.63, 3.8) is 0 Å². The summed E-state index contributed by atoms with van der Waals surface area (Å²) < 4.78 is 29.8. The Kier molecular flexibility index (Phi) is 7.49. The van der Waals surface area contributed by atoms with Gasteiger partial charge in [-0.25, -0.2) is 4.79 Å². The molecule has 0 amide bonds. The van der Waals surface area contributed by atoms with Gasteiger partial charge in [0.2, 0.25) is 0 Å². The molecular formula is C7H8KO8S. The fourth-order valence-electron chi connectivity index (χ4n) is 0.942. The number of phenols is 2. The Morgan fingerprint density at radius 3 is 1.94 bits per heavy atom. The topological polar surface area (TPSA) is 164 Å². The van der Waals surface area contributed by atoms with Gasteiger partial charge in [0.25, 0.3) is 10.1 Å². The summed E-state index contributed by atoms with van der Waals surface area (Å²) in [6.07, 6.45) is 0. The third-order valence-corrected chi connectivity index (χ3v) is 2.51. The number of carboxylic acids is 1. The van der Waals surface area contributed by atoms with E-state index >= 15 is 0 Å². The van der Waals surface area contributed by atoms with Crippen LogP contribution in [-0.4, -0.2) is 91.1 Å². The van der Waals surface area contributed by atoms with Gasteiger partial charge in [0.1, 0.15) is 10.5 Å². The number of hydrogen-bond acceptors (Lipinski definition) is 5. The molecule has 0 bridgehead atoms. The van der Waals surface area contributed by atoms with Crippen molar-refractivity contribution < 1.29 is 38.6 Å². The zero-order valence-corrected chi connectivity index (χ0v) is 12.5. The third kappa shape index (κ3) is 4.19. The molecular weight excluding hydrogens is 283 g/mol. The van der Waals surface area contributed by atoms with E-state index in [0.717, 1.165) is 6.07 Å². The Bertz CT molecular complexity index is 523. The molecule has 0 unspecified atom stereocenters. The van der Waals surface area contributed by atoms with Gasteiger partial charge in [-0.15, -0.1) is 0 Å². The maximum absolute atomic E-state index is 10.6. The summed E-state index contributed by atoms with van der Waals surface area (Å²) in [6, 6.07) is 1.42. The van der Waals surface area contributed by atoms with E-state index in [2.05, 4.69) is 0 Å². The molecule has 1 aromatic carbocycles. The molecule has 0 saturated carbocycles. The molecule has 0 aliphatic carbocycles. The number of carbonyl (C=O) groups is 1. The fourth-order valence-corrected chi connectivity index (χ4v) is 1.52. The molecule has 1 rings (SSSR count). The summed E-state index contributed by atoms with van der Waals surface area (Å²) in [4.78, 5) is 9.50. The van der Waals surface area contributed by atoms with Gasteiger partial charge in [0.15, 0.2) is 11.5 Å². The monoisotopic (exact) mass is 291 g/mol. The van der Waals surface area contributed by atoms with E-state index in [1.807, 2.05) is 0 Å². The minimum atomic E-state index is -4.70. The van der Waals surface area contributed by atoms with Gasteiger partial charge in [-0.1, -0.05) is 0 Å². The number of hydrogen-bond donors (Lipinski definition) is 4. The smallest absolute Gasteiger partial charge is 0.339 e. The molecule has 6 N–H and O–H groups in total. The summed E-state index contributed by atoms with van der Waals surface area (Å²) in [5.74, 6) is -3.85. The molecule has 8 nitrogen and oxygen atoms in total. The quantitative estimate of drug-likeness (QED) is 0.303. The summed E-state index contributed by atoms with van der Waals surface area (Å²) in [5, 5.41) is 26.7. The van der Waals surface area contributed by atoms with Gasteiger partial charge >= 0.3 is 5.97 Å².